The Morgan fingerprint density at radius 2 is 1.30 bits per heavy atom. The van der Waals surface area contributed by atoms with E-state index in [1.165, 1.54) is 10.8 Å². The summed E-state index contributed by atoms with van der Waals surface area (Å²) in [5.41, 5.74) is 9.84. The summed E-state index contributed by atoms with van der Waals surface area (Å²) in [4.78, 5) is 4.24. The van der Waals surface area contributed by atoms with E-state index in [0.29, 0.717) is 5.56 Å². The van der Waals surface area contributed by atoms with Crippen LogP contribution in [-0.2, 0) is 0 Å². The third-order valence-electron chi connectivity index (χ3n) is 7.67. The van der Waals surface area contributed by atoms with Crippen LogP contribution in [0.2, 0.25) is 0 Å². The molecule has 0 saturated carbocycles. The zero-order valence-electron chi connectivity index (χ0n) is 21.4. The molecule has 0 amide bonds. The first-order chi connectivity index (χ1) is 19.8. The van der Waals surface area contributed by atoms with Gasteiger partial charge in [0.05, 0.1) is 16.6 Å². The zero-order valence-corrected chi connectivity index (χ0v) is 21.4. The fourth-order valence-electron chi connectivity index (χ4n) is 5.83. The van der Waals surface area contributed by atoms with Crippen LogP contribution in [0.5, 0.6) is 0 Å². The van der Waals surface area contributed by atoms with Gasteiger partial charge in [0.1, 0.15) is 17.2 Å². The molecule has 0 bridgehead atoms. The monoisotopic (exact) mass is 511 g/mol. The SMILES string of the molecule is N#Cc1cncc(-c2cccc(-c3cccc(-n4c5ccccc5c5cc6c(cc54)oc4ccccc46)c3)c2)c1. The predicted octanol–water partition coefficient (Wildman–Crippen LogP) is 9.28. The Balaban J connectivity index is 1.32. The van der Waals surface area contributed by atoms with Gasteiger partial charge in [-0.2, -0.15) is 5.26 Å². The van der Waals surface area contributed by atoms with Crippen LogP contribution in [-0.4, -0.2) is 9.55 Å². The molecule has 0 atom stereocenters. The summed E-state index contributed by atoms with van der Waals surface area (Å²) < 4.78 is 8.60. The normalized spacial score (nSPS) is 11.5. The number of benzene rings is 5. The molecule has 0 saturated heterocycles. The number of nitrogens with zero attached hydrogens (tertiary/aromatic N) is 3. The van der Waals surface area contributed by atoms with E-state index in [4.69, 9.17) is 4.42 Å². The second-order valence-electron chi connectivity index (χ2n) is 10.0. The fourth-order valence-corrected chi connectivity index (χ4v) is 5.83. The Kier molecular flexibility index (Phi) is 4.85. The van der Waals surface area contributed by atoms with Crippen molar-refractivity contribution in [3.8, 4) is 34.0 Å². The lowest BCUT2D eigenvalue weighted by Crippen LogP contribution is -1.94. The van der Waals surface area contributed by atoms with Gasteiger partial charge in [0, 0.05) is 51.3 Å². The highest BCUT2D eigenvalue weighted by Crippen LogP contribution is 2.38. The molecule has 3 aromatic heterocycles. The molecule has 186 valence electrons. The van der Waals surface area contributed by atoms with E-state index < -0.39 is 0 Å². The lowest BCUT2D eigenvalue weighted by Gasteiger charge is -2.11. The number of fused-ring (bicyclic) bond motifs is 6. The topological polar surface area (TPSA) is 54.8 Å². The number of rotatable bonds is 3. The van der Waals surface area contributed by atoms with Crippen molar-refractivity contribution in [2.45, 2.75) is 0 Å². The van der Waals surface area contributed by atoms with Crippen LogP contribution >= 0.6 is 0 Å². The van der Waals surface area contributed by atoms with Crippen molar-refractivity contribution >= 4 is 43.7 Å². The molecule has 4 heteroatoms. The van der Waals surface area contributed by atoms with E-state index in [9.17, 15) is 5.26 Å². The van der Waals surface area contributed by atoms with Crippen molar-refractivity contribution in [3.63, 3.8) is 0 Å². The molecule has 0 spiro atoms. The first kappa shape index (κ1) is 22.3. The van der Waals surface area contributed by atoms with Crippen molar-refractivity contribution in [3.05, 3.63) is 133 Å². The molecule has 5 aromatic carbocycles. The number of hydrogen-bond donors (Lipinski definition) is 0. The van der Waals surface area contributed by atoms with Crippen LogP contribution < -0.4 is 0 Å². The number of furan rings is 1. The molecule has 8 rings (SSSR count). The van der Waals surface area contributed by atoms with Crippen molar-refractivity contribution in [2.75, 3.05) is 0 Å². The summed E-state index contributed by atoms with van der Waals surface area (Å²) in [7, 11) is 0. The summed E-state index contributed by atoms with van der Waals surface area (Å²) in [5, 5.41) is 14.0. The molecule has 0 N–H and O–H groups in total. The standard InChI is InChI=1S/C36H21N3O/c37-20-23-15-27(22-38-21-23)25-8-5-7-24(16-25)26-9-6-10-28(17-26)39-33-13-3-1-11-29(33)31-18-32-30-12-2-4-14-35(30)40-36(32)19-34(31)39/h1-19,21-22H. The maximum Gasteiger partial charge on any atom is 0.137 e. The Bertz CT molecular complexity index is 2300. The van der Waals surface area contributed by atoms with Gasteiger partial charge in [0.2, 0.25) is 0 Å². The minimum Gasteiger partial charge on any atom is -0.456 e. The summed E-state index contributed by atoms with van der Waals surface area (Å²) in [6, 6.07) is 42.3. The highest BCUT2D eigenvalue weighted by Gasteiger charge is 2.16. The molecule has 0 aliphatic rings. The minimum absolute atomic E-state index is 0.551. The van der Waals surface area contributed by atoms with Gasteiger partial charge in [-0.1, -0.05) is 66.7 Å². The summed E-state index contributed by atoms with van der Waals surface area (Å²) in [5.74, 6) is 0. The molecule has 0 aliphatic heterocycles. The third kappa shape index (κ3) is 3.42. The molecule has 40 heavy (non-hydrogen) atoms. The minimum atomic E-state index is 0.551. The molecule has 4 nitrogen and oxygen atoms in total. The highest BCUT2D eigenvalue weighted by atomic mass is 16.3. The Labute approximate surface area is 230 Å². The van der Waals surface area contributed by atoms with Crippen LogP contribution in [0.4, 0.5) is 0 Å². The van der Waals surface area contributed by atoms with E-state index in [1.54, 1.807) is 12.4 Å². The zero-order chi connectivity index (χ0) is 26.6. The molecule has 0 fully saturated rings. The molecular formula is C36H21N3O. The first-order valence-electron chi connectivity index (χ1n) is 13.2. The van der Waals surface area contributed by atoms with Crippen molar-refractivity contribution in [1.82, 2.24) is 9.55 Å². The van der Waals surface area contributed by atoms with Crippen LogP contribution in [0.3, 0.4) is 0 Å². The third-order valence-corrected chi connectivity index (χ3v) is 7.67. The van der Waals surface area contributed by atoms with Crippen molar-refractivity contribution in [2.24, 2.45) is 0 Å². The summed E-state index contributed by atoms with van der Waals surface area (Å²) in [6.45, 7) is 0. The second kappa shape index (κ2) is 8.69. The smallest absolute Gasteiger partial charge is 0.137 e. The molecule has 0 radical (unpaired) electrons. The molecule has 3 heterocycles. The van der Waals surface area contributed by atoms with Crippen LogP contribution in [0, 0.1) is 11.3 Å². The maximum atomic E-state index is 9.31. The van der Waals surface area contributed by atoms with Gasteiger partial charge >= 0.3 is 0 Å². The molecule has 0 aliphatic carbocycles. The fraction of sp³-hybridized carbons (Fsp3) is 0. The molecule has 0 unspecified atom stereocenters. The molecular weight excluding hydrogens is 490 g/mol. The number of hydrogen-bond acceptors (Lipinski definition) is 3. The summed E-state index contributed by atoms with van der Waals surface area (Å²) >= 11 is 0. The second-order valence-corrected chi connectivity index (χ2v) is 10.0. The van der Waals surface area contributed by atoms with E-state index in [0.717, 1.165) is 60.9 Å². The van der Waals surface area contributed by atoms with Crippen molar-refractivity contribution < 1.29 is 4.42 Å². The largest absolute Gasteiger partial charge is 0.456 e. The Morgan fingerprint density at radius 3 is 2.17 bits per heavy atom. The quantitative estimate of drug-likeness (QED) is 0.237. The Hall–Kier alpha value is -5.66. The number of para-hydroxylation sites is 2. The van der Waals surface area contributed by atoms with E-state index in [-0.39, 0.29) is 0 Å². The van der Waals surface area contributed by atoms with Gasteiger partial charge < -0.3 is 8.98 Å². The first-order valence-corrected chi connectivity index (χ1v) is 13.2. The molecule has 8 aromatic rings. The Morgan fingerprint density at radius 1 is 0.550 bits per heavy atom. The van der Waals surface area contributed by atoms with E-state index >= 15 is 0 Å². The van der Waals surface area contributed by atoms with Gasteiger partial charge in [-0.05, 0) is 59.2 Å². The van der Waals surface area contributed by atoms with E-state index in [2.05, 4.69) is 113 Å². The van der Waals surface area contributed by atoms with Crippen molar-refractivity contribution in [1.29, 1.82) is 5.26 Å². The van der Waals surface area contributed by atoms with Crippen LogP contribution in [0.25, 0.3) is 71.7 Å². The van der Waals surface area contributed by atoms with E-state index in [1.807, 2.05) is 18.2 Å². The maximum absolute atomic E-state index is 9.31. The van der Waals surface area contributed by atoms with Gasteiger partial charge in [0.15, 0.2) is 0 Å². The average Bonchev–Trinajstić information content (AvgIpc) is 3.55. The van der Waals surface area contributed by atoms with Gasteiger partial charge in [-0.25, -0.2) is 0 Å². The summed E-state index contributed by atoms with van der Waals surface area (Å²) in [6.07, 6.45) is 3.38. The number of nitriles is 1. The predicted molar refractivity (Wildman–Crippen MR) is 161 cm³/mol. The lowest BCUT2D eigenvalue weighted by molar-refractivity contribution is 0.669. The van der Waals surface area contributed by atoms with Gasteiger partial charge in [-0.3, -0.25) is 4.98 Å². The van der Waals surface area contributed by atoms with Crippen LogP contribution in [0.15, 0.2) is 132 Å². The average molecular weight is 512 g/mol. The van der Waals surface area contributed by atoms with Gasteiger partial charge in [-0.15, -0.1) is 0 Å². The van der Waals surface area contributed by atoms with Crippen LogP contribution in [0.1, 0.15) is 5.56 Å². The highest BCUT2D eigenvalue weighted by molar-refractivity contribution is 6.17. The number of aromatic nitrogens is 2. The lowest BCUT2D eigenvalue weighted by atomic mass is 9.99. The number of pyridine rings is 1. The van der Waals surface area contributed by atoms with Gasteiger partial charge in [0.25, 0.3) is 0 Å².